The first kappa shape index (κ1) is 25.2. The van der Waals surface area contributed by atoms with Crippen LogP contribution in [0, 0.1) is 10.1 Å². The Morgan fingerprint density at radius 2 is 1.85 bits per heavy atom. The Morgan fingerprint density at radius 3 is 2.44 bits per heavy atom. The van der Waals surface area contributed by atoms with Crippen molar-refractivity contribution < 1.29 is 22.8 Å². The SMILES string of the molecule is CCN(c1sc(NS(=O)(=O)c2ccc(OC)c(OC)c2)nc1-c1cccc([N+](=O)[O-])c1)C(C)C. The fraction of sp³-hybridized carbons (Fsp3) is 0.318. The number of methoxy groups -OCH3 is 2. The zero-order valence-electron chi connectivity index (χ0n) is 19.4. The van der Waals surface area contributed by atoms with E-state index in [1.807, 2.05) is 20.8 Å². The highest BCUT2D eigenvalue weighted by molar-refractivity contribution is 7.93. The van der Waals surface area contributed by atoms with Crippen molar-refractivity contribution in [3.05, 3.63) is 52.6 Å². The second-order valence-corrected chi connectivity index (χ2v) is 10.1. The number of non-ortho nitro benzene ring substituents is 1. The molecule has 0 radical (unpaired) electrons. The predicted octanol–water partition coefficient (Wildman–Crippen LogP) is 4.77. The highest BCUT2D eigenvalue weighted by Crippen LogP contribution is 2.41. The minimum absolute atomic E-state index is 0.0185. The normalized spacial score (nSPS) is 11.4. The Balaban J connectivity index is 2.07. The molecule has 0 aliphatic carbocycles. The Kier molecular flexibility index (Phi) is 7.62. The number of ether oxygens (including phenoxy) is 2. The van der Waals surface area contributed by atoms with Crippen molar-refractivity contribution in [1.82, 2.24) is 4.98 Å². The third-order valence-corrected chi connectivity index (χ3v) is 7.53. The van der Waals surface area contributed by atoms with Crippen LogP contribution in [0.15, 0.2) is 47.4 Å². The highest BCUT2D eigenvalue weighted by atomic mass is 32.2. The molecular weight excluding hydrogens is 480 g/mol. The van der Waals surface area contributed by atoms with E-state index in [1.54, 1.807) is 12.1 Å². The number of nitro groups is 1. The maximum atomic E-state index is 13.1. The summed E-state index contributed by atoms with van der Waals surface area (Å²) in [5, 5.41) is 12.1. The van der Waals surface area contributed by atoms with Crippen LogP contribution in [0.3, 0.4) is 0 Å². The molecule has 3 aromatic rings. The molecule has 34 heavy (non-hydrogen) atoms. The van der Waals surface area contributed by atoms with E-state index in [0.717, 1.165) is 0 Å². The quantitative estimate of drug-likeness (QED) is 0.308. The molecule has 3 rings (SSSR count). The third-order valence-electron chi connectivity index (χ3n) is 5.05. The molecule has 0 atom stereocenters. The largest absolute Gasteiger partial charge is 0.493 e. The fourth-order valence-corrected chi connectivity index (χ4v) is 5.84. The molecule has 2 aromatic carbocycles. The molecule has 0 aliphatic rings. The Bertz CT molecular complexity index is 1290. The van der Waals surface area contributed by atoms with E-state index in [0.29, 0.717) is 28.6 Å². The lowest BCUT2D eigenvalue weighted by atomic mass is 10.1. The molecule has 1 aromatic heterocycles. The van der Waals surface area contributed by atoms with Gasteiger partial charge in [-0.15, -0.1) is 0 Å². The van der Waals surface area contributed by atoms with E-state index in [2.05, 4.69) is 14.6 Å². The number of sulfonamides is 1. The number of benzene rings is 2. The molecule has 0 saturated heterocycles. The molecule has 0 spiro atoms. The molecule has 0 saturated carbocycles. The average Bonchev–Trinajstić information content (AvgIpc) is 3.21. The van der Waals surface area contributed by atoms with Gasteiger partial charge in [-0.3, -0.25) is 14.8 Å². The van der Waals surface area contributed by atoms with Gasteiger partial charge in [-0.2, -0.15) is 0 Å². The average molecular weight is 507 g/mol. The number of hydrogen-bond donors (Lipinski definition) is 1. The number of hydrogen-bond acceptors (Lipinski definition) is 9. The van der Waals surface area contributed by atoms with Gasteiger partial charge in [-0.25, -0.2) is 13.4 Å². The van der Waals surface area contributed by atoms with Crippen molar-refractivity contribution in [2.45, 2.75) is 31.7 Å². The van der Waals surface area contributed by atoms with E-state index in [1.165, 1.54) is 55.9 Å². The first-order valence-electron chi connectivity index (χ1n) is 10.4. The first-order valence-corrected chi connectivity index (χ1v) is 12.7. The Morgan fingerprint density at radius 1 is 1.15 bits per heavy atom. The van der Waals surface area contributed by atoms with Gasteiger partial charge in [0.25, 0.3) is 15.7 Å². The van der Waals surface area contributed by atoms with Crippen LogP contribution < -0.4 is 19.1 Å². The van der Waals surface area contributed by atoms with Gasteiger partial charge < -0.3 is 14.4 Å². The molecule has 182 valence electrons. The summed E-state index contributed by atoms with van der Waals surface area (Å²) in [4.78, 5) is 17.4. The van der Waals surface area contributed by atoms with Gasteiger partial charge in [-0.05, 0) is 32.9 Å². The Labute approximate surface area is 202 Å². The summed E-state index contributed by atoms with van der Waals surface area (Å²) >= 11 is 1.17. The van der Waals surface area contributed by atoms with E-state index < -0.39 is 14.9 Å². The van der Waals surface area contributed by atoms with Gasteiger partial charge in [0.2, 0.25) is 0 Å². The summed E-state index contributed by atoms with van der Waals surface area (Å²) < 4.78 is 39.1. The summed E-state index contributed by atoms with van der Waals surface area (Å²) in [6.07, 6.45) is 0. The van der Waals surface area contributed by atoms with E-state index in [-0.39, 0.29) is 27.5 Å². The minimum Gasteiger partial charge on any atom is -0.493 e. The summed E-state index contributed by atoms with van der Waals surface area (Å²) in [5.41, 5.74) is 0.918. The van der Waals surface area contributed by atoms with Crippen LogP contribution in [0.25, 0.3) is 11.3 Å². The van der Waals surface area contributed by atoms with E-state index in [9.17, 15) is 18.5 Å². The number of nitrogens with one attached hydrogen (secondary N) is 1. The smallest absolute Gasteiger partial charge is 0.270 e. The third kappa shape index (κ3) is 5.23. The molecular formula is C22H26N4O6S2. The predicted molar refractivity (Wildman–Crippen MR) is 133 cm³/mol. The molecule has 0 fully saturated rings. The van der Waals surface area contributed by atoms with Crippen LogP contribution >= 0.6 is 11.3 Å². The molecule has 10 nitrogen and oxygen atoms in total. The van der Waals surface area contributed by atoms with Crippen LogP contribution in [0.2, 0.25) is 0 Å². The van der Waals surface area contributed by atoms with Crippen molar-refractivity contribution in [2.24, 2.45) is 0 Å². The number of anilines is 2. The molecule has 1 heterocycles. The molecule has 12 heteroatoms. The lowest BCUT2D eigenvalue weighted by Gasteiger charge is -2.26. The van der Waals surface area contributed by atoms with Crippen molar-refractivity contribution in [2.75, 3.05) is 30.4 Å². The summed E-state index contributed by atoms with van der Waals surface area (Å²) in [7, 11) is -1.11. The van der Waals surface area contributed by atoms with E-state index >= 15 is 0 Å². The van der Waals surface area contributed by atoms with Gasteiger partial charge in [0.1, 0.15) is 10.7 Å². The van der Waals surface area contributed by atoms with Crippen molar-refractivity contribution >= 4 is 37.2 Å². The maximum Gasteiger partial charge on any atom is 0.270 e. The molecule has 0 amide bonds. The van der Waals surface area contributed by atoms with Crippen LogP contribution in [0.5, 0.6) is 11.5 Å². The van der Waals surface area contributed by atoms with Gasteiger partial charge in [0, 0.05) is 36.3 Å². The molecule has 0 aliphatic heterocycles. The molecule has 0 unspecified atom stereocenters. The van der Waals surface area contributed by atoms with Crippen LogP contribution in [0.4, 0.5) is 15.8 Å². The first-order chi connectivity index (χ1) is 16.1. The van der Waals surface area contributed by atoms with Gasteiger partial charge in [0.15, 0.2) is 16.6 Å². The minimum atomic E-state index is -4.00. The monoisotopic (exact) mass is 506 g/mol. The van der Waals surface area contributed by atoms with Gasteiger partial charge >= 0.3 is 0 Å². The van der Waals surface area contributed by atoms with Crippen molar-refractivity contribution in [3.8, 4) is 22.8 Å². The number of rotatable bonds is 10. The lowest BCUT2D eigenvalue weighted by molar-refractivity contribution is -0.384. The fourth-order valence-electron chi connectivity index (χ4n) is 3.41. The van der Waals surface area contributed by atoms with Crippen molar-refractivity contribution in [1.29, 1.82) is 0 Å². The maximum absolute atomic E-state index is 13.1. The lowest BCUT2D eigenvalue weighted by Crippen LogP contribution is -2.29. The molecule has 0 bridgehead atoms. The summed E-state index contributed by atoms with van der Waals surface area (Å²) in [5.74, 6) is 0.681. The Hall–Kier alpha value is -3.38. The zero-order valence-corrected chi connectivity index (χ0v) is 21.1. The van der Waals surface area contributed by atoms with E-state index in [4.69, 9.17) is 9.47 Å². The number of nitrogens with zero attached hydrogens (tertiary/aromatic N) is 3. The molecule has 1 N–H and O–H groups in total. The van der Waals surface area contributed by atoms with Gasteiger partial charge in [-0.1, -0.05) is 23.5 Å². The van der Waals surface area contributed by atoms with Crippen LogP contribution in [-0.4, -0.2) is 45.1 Å². The standard InChI is InChI=1S/C22H26N4O6S2/c1-6-25(14(2)3)21-20(15-8-7-9-16(12-15)26(27)28)23-22(33-21)24-34(29,30)17-10-11-18(31-4)19(13-17)32-5/h7-14H,6H2,1-5H3,(H,23,24). The van der Waals surface area contributed by atoms with Gasteiger partial charge in [0.05, 0.1) is 24.0 Å². The highest BCUT2D eigenvalue weighted by Gasteiger charge is 2.25. The summed E-state index contributed by atoms with van der Waals surface area (Å²) in [6, 6.07) is 10.5. The number of aromatic nitrogens is 1. The van der Waals surface area contributed by atoms with Crippen molar-refractivity contribution in [3.63, 3.8) is 0 Å². The second-order valence-electron chi connectivity index (χ2n) is 7.48. The number of nitro benzene ring substituents is 1. The van der Waals surface area contributed by atoms with Crippen LogP contribution in [0.1, 0.15) is 20.8 Å². The summed E-state index contributed by atoms with van der Waals surface area (Å²) in [6.45, 7) is 6.63. The number of thiazole rings is 1. The van der Waals surface area contributed by atoms with Crippen LogP contribution in [-0.2, 0) is 10.0 Å². The second kappa shape index (κ2) is 10.3. The topological polar surface area (TPSA) is 124 Å². The zero-order chi connectivity index (χ0) is 25.0.